The second kappa shape index (κ2) is 15.3. The molecule has 0 radical (unpaired) electrons. The van der Waals surface area contributed by atoms with Crippen LogP contribution in [0.4, 0.5) is 0 Å². The van der Waals surface area contributed by atoms with Crippen LogP contribution in [0.1, 0.15) is 29.2 Å². The van der Waals surface area contributed by atoms with Crippen molar-refractivity contribution in [1.29, 1.82) is 0 Å². The van der Waals surface area contributed by atoms with Crippen LogP contribution in [0.15, 0.2) is 133 Å². The van der Waals surface area contributed by atoms with Crippen LogP contribution < -0.4 is 0 Å². The van der Waals surface area contributed by atoms with Gasteiger partial charge in [0.05, 0.1) is 33.0 Å². The summed E-state index contributed by atoms with van der Waals surface area (Å²) in [6.07, 6.45) is 0.503. The predicted octanol–water partition coefficient (Wildman–Crippen LogP) is 7.26. The molecule has 1 fully saturated rings. The molecule has 1 aliphatic heterocycles. The van der Waals surface area contributed by atoms with Crippen molar-refractivity contribution in [1.82, 2.24) is 0 Å². The zero-order valence-corrected chi connectivity index (χ0v) is 23.5. The Labute approximate surface area is 243 Å². The minimum absolute atomic E-state index is 0.253. The molecule has 0 saturated carbocycles. The standard InChI is InChI=1S/C36H38O5/c1-28-34(38-25-30-16-8-3-9-17-30)36(40-27-32-20-12-5-13-21-32)35(39-26-31-18-10-4-11-19-31)33(41-28)22-23-37-24-29-14-6-2-7-15-29/h2-22,28,34-36H,23-27H2,1H3/b33-22-/t28-,34+,35+,36+/m1/s1. The summed E-state index contributed by atoms with van der Waals surface area (Å²) in [5, 5.41) is 0. The summed E-state index contributed by atoms with van der Waals surface area (Å²) in [5.41, 5.74) is 4.39. The molecule has 0 amide bonds. The lowest BCUT2D eigenvalue weighted by Crippen LogP contribution is -2.54. The summed E-state index contributed by atoms with van der Waals surface area (Å²) in [6, 6.07) is 40.6. The van der Waals surface area contributed by atoms with E-state index in [2.05, 4.69) is 48.5 Å². The first-order valence-corrected chi connectivity index (χ1v) is 14.2. The van der Waals surface area contributed by atoms with E-state index >= 15 is 0 Å². The summed E-state index contributed by atoms with van der Waals surface area (Å²) < 4.78 is 32.2. The SMILES string of the molecule is C[C@H]1O/C(=C\COCc2ccccc2)[C@H](OCc2ccccc2)[C@@H](OCc2ccccc2)[C@H]1OCc1ccccc1. The van der Waals surface area contributed by atoms with Gasteiger partial charge in [0.15, 0.2) is 0 Å². The smallest absolute Gasteiger partial charge is 0.143 e. The zero-order valence-electron chi connectivity index (χ0n) is 23.5. The van der Waals surface area contributed by atoms with Crippen LogP contribution in [0.5, 0.6) is 0 Å². The van der Waals surface area contributed by atoms with Gasteiger partial charge in [-0.05, 0) is 35.3 Å². The first-order valence-electron chi connectivity index (χ1n) is 14.2. The van der Waals surface area contributed by atoms with Gasteiger partial charge in [0, 0.05) is 0 Å². The van der Waals surface area contributed by atoms with Gasteiger partial charge in [-0.25, -0.2) is 0 Å². The largest absolute Gasteiger partial charge is 0.490 e. The summed E-state index contributed by atoms with van der Waals surface area (Å²) in [4.78, 5) is 0. The van der Waals surface area contributed by atoms with E-state index in [-0.39, 0.29) is 12.2 Å². The fourth-order valence-corrected chi connectivity index (χ4v) is 4.89. The average molecular weight is 551 g/mol. The number of benzene rings is 4. The molecule has 4 aromatic rings. The molecule has 41 heavy (non-hydrogen) atoms. The highest BCUT2D eigenvalue weighted by molar-refractivity contribution is 5.18. The Morgan fingerprint density at radius 2 is 0.951 bits per heavy atom. The van der Waals surface area contributed by atoms with E-state index in [1.54, 1.807) is 0 Å². The highest BCUT2D eigenvalue weighted by Gasteiger charge is 2.44. The molecule has 0 aliphatic carbocycles. The van der Waals surface area contributed by atoms with Gasteiger partial charge in [0.2, 0.25) is 0 Å². The Morgan fingerprint density at radius 1 is 0.537 bits per heavy atom. The Bertz CT molecular complexity index is 1310. The van der Waals surface area contributed by atoms with Crippen molar-refractivity contribution in [3.05, 3.63) is 155 Å². The summed E-state index contributed by atoms with van der Waals surface area (Å²) in [7, 11) is 0. The zero-order chi connectivity index (χ0) is 28.1. The van der Waals surface area contributed by atoms with Crippen molar-refractivity contribution < 1.29 is 23.7 Å². The maximum Gasteiger partial charge on any atom is 0.143 e. The molecule has 0 unspecified atom stereocenters. The third-order valence-corrected chi connectivity index (χ3v) is 7.04. The van der Waals surface area contributed by atoms with Crippen LogP contribution in [0.25, 0.3) is 0 Å². The monoisotopic (exact) mass is 550 g/mol. The van der Waals surface area contributed by atoms with Crippen molar-refractivity contribution in [2.24, 2.45) is 0 Å². The van der Waals surface area contributed by atoms with Crippen LogP contribution >= 0.6 is 0 Å². The van der Waals surface area contributed by atoms with Gasteiger partial charge < -0.3 is 23.7 Å². The van der Waals surface area contributed by atoms with E-state index < -0.39 is 12.2 Å². The number of ether oxygens (including phenoxy) is 5. The molecule has 5 heteroatoms. The quantitative estimate of drug-likeness (QED) is 0.164. The Balaban J connectivity index is 1.37. The molecule has 5 nitrogen and oxygen atoms in total. The van der Waals surface area contributed by atoms with E-state index in [9.17, 15) is 0 Å². The average Bonchev–Trinajstić information content (AvgIpc) is 3.03. The van der Waals surface area contributed by atoms with E-state index in [4.69, 9.17) is 23.7 Å². The van der Waals surface area contributed by atoms with Crippen molar-refractivity contribution in [2.45, 2.75) is 57.8 Å². The van der Waals surface area contributed by atoms with Crippen molar-refractivity contribution in [3.8, 4) is 0 Å². The van der Waals surface area contributed by atoms with Crippen LogP contribution in [0, 0.1) is 0 Å². The second-order valence-electron chi connectivity index (χ2n) is 10.2. The van der Waals surface area contributed by atoms with Gasteiger partial charge in [-0.1, -0.05) is 121 Å². The molecule has 1 aliphatic rings. The molecule has 1 saturated heterocycles. The third-order valence-electron chi connectivity index (χ3n) is 7.04. The number of hydrogen-bond donors (Lipinski definition) is 0. The molecule has 212 valence electrons. The molecule has 0 aromatic heterocycles. The van der Waals surface area contributed by atoms with Gasteiger partial charge in [-0.2, -0.15) is 0 Å². The fraction of sp³-hybridized carbons (Fsp3) is 0.278. The Kier molecular flexibility index (Phi) is 10.7. The molecule has 5 rings (SSSR count). The fourth-order valence-electron chi connectivity index (χ4n) is 4.89. The first-order chi connectivity index (χ1) is 20.3. The van der Waals surface area contributed by atoms with E-state index in [1.165, 1.54) is 0 Å². The van der Waals surface area contributed by atoms with E-state index in [0.29, 0.717) is 38.8 Å². The van der Waals surface area contributed by atoms with Gasteiger partial charge in [-0.3, -0.25) is 0 Å². The molecule has 4 aromatic carbocycles. The number of hydrogen-bond acceptors (Lipinski definition) is 5. The topological polar surface area (TPSA) is 46.2 Å². The predicted molar refractivity (Wildman–Crippen MR) is 160 cm³/mol. The molecule has 0 spiro atoms. The minimum atomic E-state index is -0.476. The lowest BCUT2D eigenvalue weighted by Gasteiger charge is -2.42. The summed E-state index contributed by atoms with van der Waals surface area (Å²) in [5.74, 6) is 0.708. The van der Waals surface area contributed by atoms with Crippen LogP contribution in [0.2, 0.25) is 0 Å². The molecular weight excluding hydrogens is 512 g/mol. The highest BCUT2D eigenvalue weighted by atomic mass is 16.6. The van der Waals surface area contributed by atoms with E-state index in [0.717, 1.165) is 22.3 Å². The maximum atomic E-state index is 6.64. The normalized spacial score (nSPS) is 21.4. The van der Waals surface area contributed by atoms with Gasteiger partial charge in [-0.15, -0.1) is 0 Å². The highest BCUT2D eigenvalue weighted by Crippen LogP contribution is 2.32. The van der Waals surface area contributed by atoms with Crippen molar-refractivity contribution in [3.63, 3.8) is 0 Å². The molecule has 0 bridgehead atoms. The molecular formula is C36H38O5. The van der Waals surface area contributed by atoms with Crippen molar-refractivity contribution >= 4 is 0 Å². The Morgan fingerprint density at radius 3 is 1.44 bits per heavy atom. The van der Waals surface area contributed by atoms with Crippen LogP contribution in [-0.2, 0) is 50.1 Å². The van der Waals surface area contributed by atoms with E-state index in [1.807, 2.05) is 85.8 Å². The summed E-state index contributed by atoms with van der Waals surface area (Å²) in [6.45, 7) is 4.25. The van der Waals surface area contributed by atoms with Crippen molar-refractivity contribution in [2.75, 3.05) is 6.61 Å². The lowest BCUT2D eigenvalue weighted by atomic mass is 9.97. The molecule has 0 N–H and O–H groups in total. The minimum Gasteiger partial charge on any atom is -0.490 e. The molecule has 4 atom stereocenters. The van der Waals surface area contributed by atoms with Gasteiger partial charge >= 0.3 is 0 Å². The summed E-state index contributed by atoms with van der Waals surface area (Å²) >= 11 is 0. The van der Waals surface area contributed by atoms with Crippen LogP contribution in [-0.4, -0.2) is 31.0 Å². The molecule has 1 heterocycles. The lowest BCUT2D eigenvalue weighted by molar-refractivity contribution is -0.211. The number of rotatable bonds is 13. The van der Waals surface area contributed by atoms with Gasteiger partial charge in [0.25, 0.3) is 0 Å². The maximum absolute atomic E-state index is 6.64. The third kappa shape index (κ3) is 8.62. The second-order valence-corrected chi connectivity index (χ2v) is 10.2. The van der Waals surface area contributed by atoms with Crippen LogP contribution in [0.3, 0.4) is 0 Å². The first kappa shape index (κ1) is 28.8. The Hall–Kier alpha value is -3.74. The van der Waals surface area contributed by atoms with Gasteiger partial charge in [0.1, 0.15) is 30.2 Å².